The number of amides is 1. The molecule has 1 aliphatic heterocycles. The monoisotopic (exact) mass is 335 g/mol. The van der Waals surface area contributed by atoms with Crippen LogP contribution in [-0.4, -0.2) is 41.4 Å². The fourth-order valence-corrected chi connectivity index (χ4v) is 3.01. The van der Waals surface area contributed by atoms with E-state index in [1.807, 2.05) is 0 Å². The summed E-state index contributed by atoms with van der Waals surface area (Å²) in [5.74, 6) is -0.187. The second-order valence-corrected chi connectivity index (χ2v) is 6.35. The number of hydrogen-bond acceptors (Lipinski definition) is 6. The molecule has 0 saturated carbocycles. The van der Waals surface area contributed by atoms with E-state index in [-0.39, 0.29) is 29.5 Å². The smallest absolute Gasteiger partial charge is 0.340 e. The number of likely N-dealkylation sites (tertiary alicyclic amines) is 1. The number of piperidine rings is 1. The average molecular weight is 335 g/mol. The molecule has 1 aromatic rings. The van der Waals surface area contributed by atoms with Gasteiger partial charge in [-0.2, -0.15) is 0 Å². The molecular formula is C16H21N3O5. The zero-order valence-electron chi connectivity index (χ0n) is 13.7. The molecule has 2 atom stereocenters. The summed E-state index contributed by atoms with van der Waals surface area (Å²) in [5, 5.41) is 10.7. The van der Waals surface area contributed by atoms with Crippen molar-refractivity contribution in [1.29, 1.82) is 0 Å². The van der Waals surface area contributed by atoms with E-state index in [9.17, 15) is 19.7 Å². The van der Waals surface area contributed by atoms with Crippen LogP contribution in [0.5, 0.6) is 0 Å². The van der Waals surface area contributed by atoms with Gasteiger partial charge < -0.3 is 15.4 Å². The molecular weight excluding hydrogens is 314 g/mol. The molecule has 0 aliphatic carbocycles. The lowest BCUT2D eigenvalue weighted by atomic mass is 9.92. The summed E-state index contributed by atoms with van der Waals surface area (Å²) in [7, 11) is 0. The summed E-state index contributed by atoms with van der Waals surface area (Å²) in [6, 6.07) is 3.49. The number of nitrogens with two attached hydrogens (primary N) is 1. The Morgan fingerprint density at radius 1 is 1.33 bits per heavy atom. The first-order chi connectivity index (χ1) is 11.3. The molecule has 24 heavy (non-hydrogen) atoms. The van der Waals surface area contributed by atoms with Crippen LogP contribution in [0.4, 0.5) is 11.4 Å². The number of rotatable bonds is 4. The Morgan fingerprint density at radius 3 is 2.50 bits per heavy atom. The summed E-state index contributed by atoms with van der Waals surface area (Å²) < 4.78 is 5.01. The zero-order valence-corrected chi connectivity index (χ0v) is 13.7. The van der Waals surface area contributed by atoms with Crippen LogP contribution < -0.4 is 5.73 Å². The largest absolute Gasteiger partial charge is 0.452 e. The van der Waals surface area contributed by atoms with Crippen LogP contribution in [0.25, 0.3) is 0 Å². The van der Waals surface area contributed by atoms with Crippen molar-refractivity contribution in [2.45, 2.75) is 20.3 Å². The van der Waals surface area contributed by atoms with E-state index in [4.69, 9.17) is 10.5 Å². The van der Waals surface area contributed by atoms with Crippen LogP contribution in [0.2, 0.25) is 0 Å². The Kier molecular flexibility index (Phi) is 5.38. The van der Waals surface area contributed by atoms with Gasteiger partial charge in [0.15, 0.2) is 6.61 Å². The minimum absolute atomic E-state index is 0.00813. The highest BCUT2D eigenvalue weighted by Gasteiger charge is 2.26. The van der Waals surface area contributed by atoms with E-state index < -0.39 is 10.9 Å². The number of hydrogen-bond donors (Lipinski definition) is 1. The van der Waals surface area contributed by atoms with Gasteiger partial charge in [0.1, 0.15) is 0 Å². The summed E-state index contributed by atoms with van der Waals surface area (Å²) in [5.41, 5.74) is 5.39. The van der Waals surface area contributed by atoms with Gasteiger partial charge >= 0.3 is 5.97 Å². The average Bonchev–Trinajstić information content (AvgIpc) is 2.51. The lowest BCUT2D eigenvalue weighted by Crippen LogP contribution is -2.44. The number of non-ortho nitro benzene ring substituents is 1. The third-order valence-electron chi connectivity index (χ3n) is 4.01. The number of carbonyl (C=O) groups is 2. The molecule has 0 unspecified atom stereocenters. The Labute approximate surface area is 139 Å². The number of carbonyl (C=O) groups excluding carboxylic acids is 2. The maximum absolute atomic E-state index is 12.2. The normalized spacial score (nSPS) is 20.5. The van der Waals surface area contributed by atoms with Crippen LogP contribution >= 0.6 is 0 Å². The number of nitro groups is 1. The first-order valence-electron chi connectivity index (χ1n) is 7.76. The number of benzene rings is 1. The zero-order chi connectivity index (χ0) is 17.9. The van der Waals surface area contributed by atoms with Crippen molar-refractivity contribution < 1.29 is 19.2 Å². The molecule has 130 valence electrons. The molecule has 0 bridgehead atoms. The summed E-state index contributed by atoms with van der Waals surface area (Å²) in [4.78, 5) is 36.0. The van der Waals surface area contributed by atoms with Gasteiger partial charge in [0.2, 0.25) is 0 Å². The highest BCUT2D eigenvalue weighted by atomic mass is 16.6. The van der Waals surface area contributed by atoms with Gasteiger partial charge in [-0.25, -0.2) is 4.79 Å². The maximum Gasteiger partial charge on any atom is 0.340 e. The van der Waals surface area contributed by atoms with E-state index in [1.165, 1.54) is 12.1 Å². The number of anilines is 1. The first kappa shape index (κ1) is 17.7. The van der Waals surface area contributed by atoms with Gasteiger partial charge in [-0.05, 0) is 24.3 Å². The predicted octanol–water partition coefficient (Wildman–Crippen LogP) is 1.84. The van der Waals surface area contributed by atoms with Gasteiger partial charge in [0.25, 0.3) is 11.6 Å². The van der Waals surface area contributed by atoms with E-state index >= 15 is 0 Å². The van der Waals surface area contributed by atoms with Gasteiger partial charge in [0, 0.05) is 25.2 Å². The van der Waals surface area contributed by atoms with Gasteiger partial charge in [-0.15, -0.1) is 0 Å². The Morgan fingerprint density at radius 2 is 1.96 bits per heavy atom. The standard InChI is InChI=1S/C16H21N3O5/c1-10-5-11(2)8-18(7-10)15(20)9-24-16(21)13-4-3-12(19(22)23)6-14(13)17/h3-4,6,10-11H,5,7-9,17H2,1-2H3/t10-,11-/m0/s1. The van der Waals surface area contributed by atoms with E-state index in [0.717, 1.165) is 12.5 Å². The Hall–Kier alpha value is -2.64. The molecule has 8 nitrogen and oxygen atoms in total. The molecule has 2 N–H and O–H groups in total. The molecule has 1 amide bonds. The lowest BCUT2D eigenvalue weighted by Gasteiger charge is -2.34. The molecule has 1 heterocycles. The molecule has 1 saturated heterocycles. The fraction of sp³-hybridized carbons (Fsp3) is 0.500. The minimum Gasteiger partial charge on any atom is -0.452 e. The third-order valence-corrected chi connectivity index (χ3v) is 4.01. The molecule has 1 aromatic carbocycles. The van der Waals surface area contributed by atoms with Crippen LogP contribution in [0.3, 0.4) is 0 Å². The molecule has 1 fully saturated rings. The van der Waals surface area contributed by atoms with Crippen LogP contribution in [0, 0.1) is 22.0 Å². The molecule has 2 rings (SSSR count). The Bertz CT molecular complexity index is 651. The van der Waals surface area contributed by atoms with Crippen molar-refractivity contribution in [3.05, 3.63) is 33.9 Å². The highest BCUT2D eigenvalue weighted by molar-refractivity contribution is 5.96. The van der Waals surface area contributed by atoms with Gasteiger partial charge in [-0.1, -0.05) is 13.8 Å². The SMILES string of the molecule is C[C@H]1C[C@H](C)CN(C(=O)COC(=O)c2ccc([N+](=O)[O-])cc2N)C1. The number of nitrogen functional groups attached to an aromatic ring is 1. The third kappa shape index (κ3) is 4.21. The number of ether oxygens (including phenoxy) is 1. The van der Waals surface area contributed by atoms with E-state index in [1.54, 1.807) is 4.90 Å². The molecule has 0 radical (unpaired) electrons. The Balaban J connectivity index is 1.95. The molecule has 8 heteroatoms. The minimum atomic E-state index is -0.770. The van der Waals surface area contributed by atoms with Crippen molar-refractivity contribution >= 4 is 23.3 Å². The van der Waals surface area contributed by atoms with Crippen molar-refractivity contribution in [1.82, 2.24) is 4.90 Å². The van der Waals surface area contributed by atoms with Crippen LogP contribution in [0.1, 0.15) is 30.6 Å². The van der Waals surface area contributed by atoms with E-state index in [0.29, 0.717) is 24.9 Å². The fourth-order valence-electron chi connectivity index (χ4n) is 3.01. The topological polar surface area (TPSA) is 116 Å². The van der Waals surface area contributed by atoms with Gasteiger partial charge in [-0.3, -0.25) is 14.9 Å². The number of esters is 1. The van der Waals surface area contributed by atoms with Crippen LogP contribution in [0.15, 0.2) is 18.2 Å². The van der Waals surface area contributed by atoms with Crippen molar-refractivity contribution in [3.8, 4) is 0 Å². The summed E-state index contributed by atoms with van der Waals surface area (Å²) in [6.45, 7) is 5.11. The second kappa shape index (κ2) is 7.29. The van der Waals surface area contributed by atoms with Crippen LogP contribution in [-0.2, 0) is 9.53 Å². The van der Waals surface area contributed by atoms with Gasteiger partial charge in [0.05, 0.1) is 16.2 Å². The van der Waals surface area contributed by atoms with E-state index in [2.05, 4.69) is 13.8 Å². The first-order valence-corrected chi connectivity index (χ1v) is 7.76. The van der Waals surface area contributed by atoms with Crippen molar-refractivity contribution in [2.75, 3.05) is 25.4 Å². The predicted molar refractivity (Wildman–Crippen MR) is 87.3 cm³/mol. The molecule has 0 spiro atoms. The lowest BCUT2D eigenvalue weighted by molar-refractivity contribution is -0.384. The van der Waals surface area contributed by atoms with Crippen molar-refractivity contribution in [3.63, 3.8) is 0 Å². The quantitative estimate of drug-likeness (QED) is 0.388. The molecule has 1 aliphatic rings. The molecule has 0 aromatic heterocycles. The number of nitrogens with zero attached hydrogens (tertiary/aromatic N) is 2. The summed E-state index contributed by atoms with van der Waals surface area (Å²) in [6.07, 6.45) is 1.07. The second-order valence-electron chi connectivity index (χ2n) is 6.35. The summed E-state index contributed by atoms with van der Waals surface area (Å²) >= 11 is 0. The highest BCUT2D eigenvalue weighted by Crippen LogP contribution is 2.22. The van der Waals surface area contributed by atoms with Crippen molar-refractivity contribution in [2.24, 2.45) is 11.8 Å². The maximum atomic E-state index is 12.2. The number of nitro benzene ring substituents is 1.